The lowest BCUT2D eigenvalue weighted by molar-refractivity contribution is -0.132. The number of carbonyl (C=O) groups is 2. The first-order chi connectivity index (χ1) is 8.63. The number of aliphatic hydroxyl groups excluding tert-OH is 1. The topological polar surface area (TPSA) is 102 Å². The van der Waals surface area contributed by atoms with Crippen LogP contribution < -0.4 is 10.6 Å². The van der Waals surface area contributed by atoms with Gasteiger partial charge in [0.2, 0.25) is 11.8 Å². The van der Waals surface area contributed by atoms with Crippen LogP contribution in [0.25, 0.3) is 0 Å². The summed E-state index contributed by atoms with van der Waals surface area (Å²) in [6, 6.07) is 8.40. The zero-order valence-corrected chi connectivity index (χ0v) is 9.38. The number of para-hydroxylation sites is 1. The third-order valence-corrected chi connectivity index (χ3v) is 2.74. The summed E-state index contributed by atoms with van der Waals surface area (Å²) in [7, 11) is 0. The molecule has 1 fully saturated rings. The third kappa shape index (κ3) is 2.17. The zero-order chi connectivity index (χ0) is 13.1. The molecule has 18 heavy (non-hydrogen) atoms. The lowest BCUT2D eigenvalue weighted by atomic mass is 10.0. The number of nitrogens with zero attached hydrogens (tertiary/aromatic N) is 1. The van der Waals surface area contributed by atoms with E-state index < -0.39 is 23.8 Å². The Hall–Kier alpha value is -2.39. The van der Waals surface area contributed by atoms with Gasteiger partial charge < -0.3 is 15.7 Å². The molecule has 2 rings (SSSR count). The maximum atomic E-state index is 11.9. The number of aliphatic hydroxyl groups is 1. The van der Waals surface area contributed by atoms with Crippen molar-refractivity contribution >= 4 is 17.5 Å². The van der Waals surface area contributed by atoms with Crippen molar-refractivity contribution in [1.29, 1.82) is 5.26 Å². The summed E-state index contributed by atoms with van der Waals surface area (Å²) in [4.78, 5) is 23.2. The molecule has 6 heteroatoms. The molecule has 1 aromatic carbocycles. The minimum absolute atomic E-state index is 0.0663. The second kappa shape index (κ2) is 4.85. The van der Waals surface area contributed by atoms with Gasteiger partial charge in [0.1, 0.15) is 12.0 Å². The second-order valence-corrected chi connectivity index (χ2v) is 3.94. The van der Waals surface area contributed by atoms with Crippen LogP contribution >= 0.6 is 0 Å². The molecule has 0 radical (unpaired) electrons. The van der Waals surface area contributed by atoms with Gasteiger partial charge in [0.05, 0.1) is 17.4 Å². The van der Waals surface area contributed by atoms with Gasteiger partial charge in [-0.1, -0.05) is 12.1 Å². The Labute approximate surface area is 103 Å². The quantitative estimate of drug-likeness (QED) is 0.617. The van der Waals surface area contributed by atoms with Crippen molar-refractivity contribution in [1.82, 2.24) is 5.32 Å². The second-order valence-electron chi connectivity index (χ2n) is 3.94. The van der Waals surface area contributed by atoms with Crippen LogP contribution in [0, 0.1) is 17.2 Å². The number of amides is 2. The molecule has 2 atom stereocenters. The van der Waals surface area contributed by atoms with Gasteiger partial charge in [-0.25, -0.2) is 0 Å². The number of nitrogens with one attached hydrogen (secondary N) is 2. The van der Waals surface area contributed by atoms with Crippen molar-refractivity contribution < 1.29 is 14.7 Å². The Morgan fingerprint density at radius 3 is 2.83 bits per heavy atom. The van der Waals surface area contributed by atoms with Crippen molar-refractivity contribution in [3.8, 4) is 6.07 Å². The van der Waals surface area contributed by atoms with Gasteiger partial charge in [-0.05, 0) is 12.1 Å². The van der Waals surface area contributed by atoms with E-state index in [0.29, 0.717) is 11.3 Å². The molecule has 2 amide bonds. The number of hydrogen-bond acceptors (Lipinski definition) is 4. The van der Waals surface area contributed by atoms with Crippen LogP contribution in [-0.4, -0.2) is 29.6 Å². The lowest BCUT2D eigenvalue weighted by Crippen LogP contribution is -2.34. The van der Waals surface area contributed by atoms with E-state index in [9.17, 15) is 14.7 Å². The highest BCUT2D eigenvalue weighted by molar-refractivity contribution is 6.08. The summed E-state index contributed by atoms with van der Waals surface area (Å²) in [5, 5.41) is 23.3. The lowest BCUT2D eigenvalue weighted by Gasteiger charge is -2.12. The SMILES string of the molecule is N#Cc1ccccc1NC(=O)C1C(=O)NCC1O. The number of rotatable bonds is 2. The van der Waals surface area contributed by atoms with Crippen LogP contribution in [0.15, 0.2) is 24.3 Å². The summed E-state index contributed by atoms with van der Waals surface area (Å²) in [6.45, 7) is 0.0663. The van der Waals surface area contributed by atoms with E-state index in [2.05, 4.69) is 10.6 Å². The molecule has 1 aromatic rings. The summed E-state index contributed by atoms with van der Waals surface area (Å²) in [5.74, 6) is -2.24. The number of anilines is 1. The summed E-state index contributed by atoms with van der Waals surface area (Å²) in [6.07, 6.45) is -1.04. The van der Waals surface area contributed by atoms with Crippen molar-refractivity contribution in [2.24, 2.45) is 5.92 Å². The molecule has 1 saturated heterocycles. The van der Waals surface area contributed by atoms with E-state index in [1.54, 1.807) is 24.3 Å². The number of nitriles is 1. The molecule has 0 spiro atoms. The third-order valence-electron chi connectivity index (χ3n) is 2.74. The fourth-order valence-corrected chi connectivity index (χ4v) is 1.80. The standard InChI is InChI=1S/C12H11N3O3/c13-5-7-3-1-2-4-8(7)15-12(18)10-9(16)6-14-11(10)17/h1-4,9-10,16H,6H2,(H,14,17)(H,15,18). The van der Waals surface area contributed by atoms with Gasteiger partial charge in [0.15, 0.2) is 0 Å². The molecule has 0 saturated carbocycles. The fourth-order valence-electron chi connectivity index (χ4n) is 1.80. The highest BCUT2D eigenvalue weighted by Gasteiger charge is 2.39. The smallest absolute Gasteiger partial charge is 0.239 e. The predicted octanol–water partition coefficient (Wildman–Crippen LogP) is -0.396. The molecule has 1 aliphatic heterocycles. The molecule has 0 aromatic heterocycles. The Kier molecular flexibility index (Phi) is 3.26. The van der Waals surface area contributed by atoms with Gasteiger partial charge in [-0.2, -0.15) is 5.26 Å². The zero-order valence-electron chi connectivity index (χ0n) is 9.38. The van der Waals surface area contributed by atoms with E-state index in [4.69, 9.17) is 5.26 Å². The highest BCUT2D eigenvalue weighted by atomic mass is 16.3. The Morgan fingerprint density at radius 2 is 2.22 bits per heavy atom. The average Bonchev–Trinajstić information content (AvgIpc) is 2.69. The molecular formula is C12H11N3O3. The molecule has 6 nitrogen and oxygen atoms in total. The summed E-state index contributed by atoms with van der Waals surface area (Å²) < 4.78 is 0. The van der Waals surface area contributed by atoms with Gasteiger partial charge in [-0.15, -0.1) is 0 Å². The van der Waals surface area contributed by atoms with E-state index in [1.807, 2.05) is 6.07 Å². The first-order valence-electron chi connectivity index (χ1n) is 5.39. The van der Waals surface area contributed by atoms with Gasteiger partial charge in [0.25, 0.3) is 0 Å². The number of hydrogen-bond donors (Lipinski definition) is 3. The number of benzene rings is 1. The van der Waals surface area contributed by atoms with Crippen LogP contribution in [0.1, 0.15) is 5.56 Å². The average molecular weight is 245 g/mol. The molecule has 1 aliphatic rings. The van der Waals surface area contributed by atoms with Gasteiger partial charge in [0, 0.05) is 6.54 Å². The Bertz CT molecular complexity index is 536. The predicted molar refractivity (Wildman–Crippen MR) is 62.3 cm³/mol. The fraction of sp³-hybridized carbons (Fsp3) is 0.250. The van der Waals surface area contributed by atoms with Crippen molar-refractivity contribution in [2.75, 3.05) is 11.9 Å². The Morgan fingerprint density at radius 1 is 1.50 bits per heavy atom. The summed E-state index contributed by atoms with van der Waals surface area (Å²) in [5.41, 5.74) is 0.635. The largest absolute Gasteiger partial charge is 0.390 e. The molecule has 0 bridgehead atoms. The van der Waals surface area contributed by atoms with Crippen molar-refractivity contribution in [3.63, 3.8) is 0 Å². The highest BCUT2D eigenvalue weighted by Crippen LogP contribution is 2.17. The van der Waals surface area contributed by atoms with Crippen molar-refractivity contribution in [3.05, 3.63) is 29.8 Å². The first-order valence-corrected chi connectivity index (χ1v) is 5.39. The minimum Gasteiger partial charge on any atom is -0.390 e. The number of carbonyl (C=O) groups excluding carboxylic acids is 2. The molecule has 2 unspecified atom stereocenters. The van der Waals surface area contributed by atoms with Crippen molar-refractivity contribution in [2.45, 2.75) is 6.10 Å². The van der Waals surface area contributed by atoms with Crippen LogP contribution in [-0.2, 0) is 9.59 Å². The maximum absolute atomic E-state index is 11.9. The number of β-amino-alcohol motifs (C(OH)–C–C–N with tert-alkyl or cyclic N) is 1. The molecule has 1 heterocycles. The first kappa shape index (κ1) is 12.1. The summed E-state index contributed by atoms with van der Waals surface area (Å²) >= 11 is 0. The van der Waals surface area contributed by atoms with E-state index in [-0.39, 0.29) is 6.54 Å². The van der Waals surface area contributed by atoms with Crippen LogP contribution in [0.2, 0.25) is 0 Å². The van der Waals surface area contributed by atoms with Gasteiger partial charge >= 0.3 is 0 Å². The van der Waals surface area contributed by atoms with E-state index in [1.165, 1.54) is 0 Å². The van der Waals surface area contributed by atoms with Gasteiger partial charge in [-0.3, -0.25) is 9.59 Å². The molecule has 3 N–H and O–H groups in total. The normalized spacial score (nSPS) is 22.1. The minimum atomic E-state index is -1.13. The van der Waals surface area contributed by atoms with E-state index in [0.717, 1.165) is 0 Å². The molecular weight excluding hydrogens is 234 g/mol. The molecule has 92 valence electrons. The molecule has 0 aliphatic carbocycles. The van der Waals surface area contributed by atoms with Crippen LogP contribution in [0.4, 0.5) is 5.69 Å². The van der Waals surface area contributed by atoms with Crippen LogP contribution in [0.3, 0.4) is 0 Å². The monoisotopic (exact) mass is 245 g/mol. The van der Waals surface area contributed by atoms with E-state index >= 15 is 0 Å². The Balaban J connectivity index is 2.17. The maximum Gasteiger partial charge on any atom is 0.239 e. The van der Waals surface area contributed by atoms with Crippen LogP contribution in [0.5, 0.6) is 0 Å².